The molecule has 1 N–H and O–H groups in total. The summed E-state index contributed by atoms with van der Waals surface area (Å²) in [4.78, 5) is 0. The van der Waals surface area contributed by atoms with Crippen LogP contribution >= 0.6 is 11.6 Å². The van der Waals surface area contributed by atoms with E-state index in [2.05, 4.69) is 0 Å². The first-order valence-corrected chi connectivity index (χ1v) is 6.36. The van der Waals surface area contributed by atoms with Gasteiger partial charge in [-0.15, -0.1) is 0 Å². The molecule has 1 aromatic rings. The number of halogens is 2. The van der Waals surface area contributed by atoms with Gasteiger partial charge >= 0.3 is 0 Å². The molecule has 0 fully saturated rings. The Morgan fingerprint density at radius 1 is 1.12 bits per heavy atom. The monoisotopic (exact) mass is 258 g/mol. The van der Waals surface area contributed by atoms with Gasteiger partial charge in [-0.3, -0.25) is 0 Å². The van der Waals surface area contributed by atoms with E-state index in [1.165, 1.54) is 6.07 Å². The fourth-order valence-corrected chi connectivity index (χ4v) is 2.76. The van der Waals surface area contributed by atoms with Gasteiger partial charge in [0.05, 0.1) is 6.10 Å². The van der Waals surface area contributed by atoms with Gasteiger partial charge in [0.1, 0.15) is 5.82 Å². The van der Waals surface area contributed by atoms with Crippen LogP contribution < -0.4 is 0 Å². The van der Waals surface area contributed by atoms with Gasteiger partial charge in [0, 0.05) is 10.6 Å². The predicted octanol–water partition coefficient (Wildman–Crippen LogP) is 4.44. The largest absolute Gasteiger partial charge is 0.388 e. The highest BCUT2D eigenvalue weighted by atomic mass is 35.5. The van der Waals surface area contributed by atoms with Crippen molar-refractivity contribution in [2.24, 2.45) is 17.8 Å². The smallest absolute Gasteiger partial charge is 0.130 e. The third-order valence-electron chi connectivity index (χ3n) is 3.20. The number of aliphatic hydroxyl groups is 1. The Morgan fingerprint density at radius 2 is 1.65 bits per heavy atom. The first-order valence-electron chi connectivity index (χ1n) is 5.98. The Morgan fingerprint density at radius 3 is 2.06 bits per heavy atom. The second-order valence-electron chi connectivity index (χ2n) is 5.15. The fourth-order valence-electron chi connectivity index (χ4n) is 2.48. The highest BCUT2D eigenvalue weighted by Gasteiger charge is 2.30. The highest BCUT2D eigenvalue weighted by Crippen LogP contribution is 2.37. The molecule has 0 aromatic heterocycles. The Hall–Kier alpha value is -0.600. The molecule has 3 heteroatoms. The number of rotatable bonds is 4. The topological polar surface area (TPSA) is 20.2 Å². The molecule has 0 aliphatic heterocycles. The van der Waals surface area contributed by atoms with E-state index in [-0.39, 0.29) is 23.3 Å². The van der Waals surface area contributed by atoms with E-state index in [1.54, 1.807) is 12.1 Å². The summed E-state index contributed by atoms with van der Waals surface area (Å²) < 4.78 is 13.7. The minimum Gasteiger partial charge on any atom is -0.388 e. The zero-order valence-electron chi connectivity index (χ0n) is 10.7. The van der Waals surface area contributed by atoms with Crippen LogP contribution in [0.2, 0.25) is 5.02 Å². The summed E-state index contributed by atoms with van der Waals surface area (Å²) in [5.74, 6) is 0.0852. The van der Waals surface area contributed by atoms with E-state index in [4.69, 9.17) is 11.6 Å². The molecule has 1 aromatic carbocycles. The van der Waals surface area contributed by atoms with Crippen molar-refractivity contribution in [2.75, 3.05) is 0 Å². The van der Waals surface area contributed by atoms with E-state index in [9.17, 15) is 9.50 Å². The zero-order valence-corrected chi connectivity index (χ0v) is 11.5. The van der Waals surface area contributed by atoms with Gasteiger partial charge in [0.2, 0.25) is 0 Å². The third kappa shape index (κ3) is 3.20. The molecule has 0 aliphatic carbocycles. The van der Waals surface area contributed by atoms with Crippen molar-refractivity contribution >= 4 is 11.6 Å². The van der Waals surface area contributed by atoms with Crippen LogP contribution in [-0.4, -0.2) is 5.11 Å². The predicted molar refractivity (Wildman–Crippen MR) is 69.5 cm³/mol. The average molecular weight is 259 g/mol. The molecule has 1 atom stereocenters. The molecule has 0 spiro atoms. The van der Waals surface area contributed by atoms with Crippen molar-refractivity contribution in [1.29, 1.82) is 0 Å². The molecule has 0 amide bonds. The Labute approximate surface area is 108 Å². The molecule has 96 valence electrons. The number of hydrogen-bond acceptors (Lipinski definition) is 1. The summed E-state index contributed by atoms with van der Waals surface area (Å²) in [7, 11) is 0. The number of benzene rings is 1. The second kappa shape index (κ2) is 5.83. The van der Waals surface area contributed by atoms with Gasteiger partial charge in [-0.1, -0.05) is 45.4 Å². The van der Waals surface area contributed by atoms with Gasteiger partial charge < -0.3 is 5.11 Å². The van der Waals surface area contributed by atoms with Crippen LogP contribution in [0.3, 0.4) is 0 Å². The standard InChI is InChI=1S/C14H20ClFO/c1-8(2)12(9(3)4)14(17)13-10(15)6-5-7-11(13)16/h5-9,12,14,17H,1-4H3. The van der Waals surface area contributed by atoms with Gasteiger partial charge in [-0.05, 0) is 29.9 Å². The lowest BCUT2D eigenvalue weighted by molar-refractivity contribution is 0.0498. The maximum absolute atomic E-state index is 13.7. The molecule has 17 heavy (non-hydrogen) atoms. The van der Waals surface area contributed by atoms with Crippen LogP contribution in [-0.2, 0) is 0 Å². The van der Waals surface area contributed by atoms with Crippen LogP contribution in [0.25, 0.3) is 0 Å². The van der Waals surface area contributed by atoms with Crippen LogP contribution in [0.15, 0.2) is 18.2 Å². The van der Waals surface area contributed by atoms with E-state index >= 15 is 0 Å². The lowest BCUT2D eigenvalue weighted by Crippen LogP contribution is -2.24. The van der Waals surface area contributed by atoms with Crippen molar-refractivity contribution in [3.8, 4) is 0 Å². The van der Waals surface area contributed by atoms with Crippen LogP contribution in [0.4, 0.5) is 4.39 Å². The number of hydrogen-bond donors (Lipinski definition) is 1. The Kier molecular flexibility index (Phi) is 4.96. The molecule has 0 saturated carbocycles. The first kappa shape index (κ1) is 14.5. The van der Waals surface area contributed by atoms with Gasteiger partial charge in [0.15, 0.2) is 0 Å². The molecular weight excluding hydrogens is 239 g/mol. The summed E-state index contributed by atoms with van der Waals surface area (Å²) in [6.07, 6.45) is -0.858. The summed E-state index contributed by atoms with van der Waals surface area (Å²) in [5.41, 5.74) is 0.224. The van der Waals surface area contributed by atoms with Crippen molar-refractivity contribution in [3.05, 3.63) is 34.6 Å². The van der Waals surface area contributed by atoms with Crippen LogP contribution in [0.1, 0.15) is 39.4 Å². The molecular formula is C14H20ClFO. The van der Waals surface area contributed by atoms with E-state index in [1.807, 2.05) is 27.7 Å². The summed E-state index contributed by atoms with van der Waals surface area (Å²) in [5, 5.41) is 10.7. The minimum absolute atomic E-state index is 0.00981. The molecule has 1 unspecified atom stereocenters. The first-order chi connectivity index (χ1) is 7.86. The van der Waals surface area contributed by atoms with Gasteiger partial charge in [-0.2, -0.15) is 0 Å². The maximum atomic E-state index is 13.7. The summed E-state index contributed by atoms with van der Waals surface area (Å²) in [6, 6.07) is 4.50. The highest BCUT2D eigenvalue weighted by molar-refractivity contribution is 6.31. The summed E-state index contributed by atoms with van der Waals surface area (Å²) in [6.45, 7) is 8.12. The maximum Gasteiger partial charge on any atom is 0.130 e. The van der Waals surface area contributed by atoms with E-state index in [0.717, 1.165) is 0 Å². The quantitative estimate of drug-likeness (QED) is 0.847. The van der Waals surface area contributed by atoms with Crippen molar-refractivity contribution < 1.29 is 9.50 Å². The molecule has 0 aliphatic rings. The van der Waals surface area contributed by atoms with Crippen molar-refractivity contribution in [3.63, 3.8) is 0 Å². The minimum atomic E-state index is -0.858. The molecule has 0 saturated heterocycles. The van der Waals surface area contributed by atoms with Crippen LogP contribution in [0.5, 0.6) is 0 Å². The zero-order chi connectivity index (χ0) is 13.2. The number of aliphatic hydroxyl groups excluding tert-OH is 1. The van der Waals surface area contributed by atoms with Crippen molar-refractivity contribution in [2.45, 2.75) is 33.8 Å². The molecule has 0 heterocycles. The Bertz CT molecular complexity index is 348. The van der Waals surface area contributed by atoms with Crippen LogP contribution in [0, 0.1) is 23.6 Å². The van der Waals surface area contributed by atoms with E-state index < -0.39 is 11.9 Å². The second-order valence-corrected chi connectivity index (χ2v) is 5.55. The Balaban J connectivity index is 3.14. The fraction of sp³-hybridized carbons (Fsp3) is 0.571. The van der Waals surface area contributed by atoms with Gasteiger partial charge in [-0.25, -0.2) is 4.39 Å². The normalized spacial score (nSPS) is 13.8. The molecule has 1 nitrogen and oxygen atoms in total. The molecule has 0 bridgehead atoms. The van der Waals surface area contributed by atoms with Gasteiger partial charge in [0.25, 0.3) is 0 Å². The lowest BCUT2D eigenvalue weighted by atomic mass is 9.78. The van der Waals surface area contributed by atoms with E-state index in [0.29, 0.717) is 5.02 Å². The third-order valence-corrected chi connectivity index (χ3v) is 3.53. The molecule has 1 rings (SSSR count). The average Bonchev–Trinajstić information content (AvgIpc) is 2.15. The summed E-state index contributed by atoms with van der Waals surface area (Å²) >= 11 is 5.98. The lowest BCUT2D eigenvalue weighted by Gasteiger charge is -2.30. The SMILES string of the molecule is CC(C)C(C(C)C)C(O)c1c(F)cccc1Cl. The van der Waals surface area contributed by atoms with Crippen molar-refractivity contribution in [1.82, 2.24) is 0 Å². The molecule has 0 radical (unpaired) electrons.